The number of amides is 1. The largest absolute Gasteiger partial charge is 0.338 e. The van der Waals surface area contributed by atoms with Gasteiger partial charge in [-0.2, -0.15) is 5.10 Å². The van der Waals surface area contributed by atoms with E-state index in [9.17, 15) is 9.18 Å². The minimum atomic E-state index is -0.488. The highest BCUT2D eigenvalue weighted by Crippen LogP contribution is 2.28. The number of halogens is 2. The van der Waals surface area contributed by atoms with Crippen LogP contribution in [0.3, 0.4) is 0 Å². The molecule has 1 fully saturated rings. The van der Waals surface area contributed by atoms with Gasteiger partial charge in [0.05, 0.1) is 5.56 Å². The molecule has 1 aliphatic rings. The molecule has 2 aromatic rings. The van der Waals surface area contributed by atoms with Gasteiger partial charge in [-0.3, -0.25) is 9.89 Å². The van der Waals surface area contributed by atoms with Crippen LogP contribution in [-0.2, 0) is 0 Å². The molecule has 1 N–H and O–H groups in total. The van der Waals surface area contributed by atoms with Gasteiger partial charge >= 0.3 is 0 Å². The van der Waals surface area contributed by atoms with Crippen LogP contribution >= 0.6 is 15.9 Å². The fourth-order valence-corrected chi connectivity index (χ4v) is 3.28. The van der Waals surface area contributed by atoms with Crippen LogP contribution in [0.5, 0.6) is 0 Å². The molecule has 0 radical (unpaired) electrons. The molecule has 21 heavy (non-hydrogen) atoms. The molecule has 0 bridgehead atoms. The summed E-state index contributed by atoms with van der Waals surface area (Å²) in [6.45, 7) is 1.24. The van der Waals surface area contributed by atoms with Crippen molar-refractivity contribution in [1.29, 1.82) is 0 Å². The number of nitrogens with zero attached hydrogens (tertiary/aromatic N) is 2. The van der Waals surface area contributed by atoms with Crippen LogP contribution in [0, 0.1) is 5.82 Å². The van der Waals surface area contributed by atoms with Crippen molar-refractivity contribution >= 4 is 21.8 Å². The summed E-state index contributed by atoms with van der Waals surface area (Å²) >= 11 is 3.26. The molecule has 0 saturated carbocycles. The Morgan fingerprint density at radius 3 is 3.00 bits per heavy atom. The van der Waals surface area contributed by atoms with Crippen molar-refractivity contribution in [3.05, 3.63) is 52.0 Å². The number of aromatic amines is 1. The molecule has 1 aromatic heterocycles. The Morgan fingerprint density at radius 1 is 1.43 bits per heavy atom. The van der Waals surface area contributed by atoms with Crippen LogP contribution in [-0.4, -0.2) is 34.1 Å². The van der Waals surface area contributed by atoms with Crippen LogP contribution in [0.1, 0.15) is 34.8 Å². The number of hydrogen-bond acceptors (Lipinski definition) is 2. The van der Waals surface area contributed by atoms with Crippen molar-refractivity contribution in [2.45, 2.75) is 18.8 Å². The van der Waals surface area contributed by atoms with E-state index in [1.807, 2.05) is 6.07 Å². The second-order valence-electron chi connectivity index (χ2n) is 5.20. The first-order chi connectivity index (χ1) is 10.2. The normalized spacial score (nSPS) is 18.8. The monoisotopic (exact) mass is 351 g/mol. The van der Waals surface area contributed by atoms with E-state index < -0.39 is 5.82 Å². The molecular weight excluding hydrogens is 337 g/mol. The molecule has 2 heterocycles. The third-order valence-corrected chi connectivity index (χ3v) is 4.51. The molecule has 6 heteroatoms. The number of nitrogens with one attached hydrogen (secondary N) is 1. The average molecular weight is 352 g/mol. The molecule has 3 rings (SSSR count). The standard InChI is InChI=1S/C15H15BrFN3O/c16-11-4-1-5-12(17)14(11)15(21)20-8-2-3-10(9-20)13-6-7-18-19-13/h1,4-7,10H,2-3,8-9H2,(H,18,19). The quantitative estimate of drug-likeness (QED) is 0.901. The molecule has 0 spiro atoms. The summed E-state index contributed by atoms with van der Waals surface area (Å²) in [5.41, 5.74) is 1.14. The van der Waals surface area contributed by atoms with Gasteiger partial charge in [0.25, 0.3) is 5.91 Å². The number of likely N-dealkylation sites (tertiary alicyclic amines) is 1. The summed E-state index contributed by atoms with van der Waals surface area (Å²) in [7, 11) is 0. The Hall–Kier alpha value is -1.69. The summed E-state index contributed by atoms with van der Waals surface area (Å²) in [6, 6.07) is 6.51. The highest BCUT2D eigenvalue weighted by Gasteiger charge is 2.28. The Bertz CT molecular complexity index is 624. The zero-order valence-corrected chi connectivity index (χ0v) is 12.9. The SMILES string of the molecule is O=C(c1c(F)cccc1Br)N1CCCC(c2ccn[nH]2)C1. The number of benzene rings is 1. The molecule has 1 saturated heterocycles. The number of aromatic nitrogens is 2. The first-order valence-corrected chi connectivity index (χ1v) is 7.68. The van der Waals surface area contributed by atoms with Gasteiger partial charge in [0.15, 0.2) is 0 Å². The fourth-order valence-electron chi connectivity index (χ4n) is 2.77. The first kappa shape index (κ1) is 14.3. The maximum atomic E-state index is 13.9. The third kappa shape index (κ3) is 2.85. The molecular formula is C15H15BrFN3O. The van der Waals surface area contributed by atoms with Crippen molar-refractivity contribution in [1.82, 2.24) is 15.1 Å². The predicted molar refractivity (Wildman–Crippen MR) is 80.6 cm³/mol. The van der Waals surface area contributed by atoms with Crippen molar-refractivity contribution < 1.29 is 9.18 Å². The van der Waals surface area contributed by atoms with Gasteiger partial charge < -0.3 is 4.90 Å². The highest BCUT2D eigenvalue weighted by molar-refractivity contribution is 9.10. The number of carbonyl (C=O) groups excluding carboxylic acids is 1. The van der Waals surface area contributed by atoms with E-state index in [0.717, 1.165) is 18.5 Å². The van der Waals surface area contributed by atoms with E-state index in [2.05, 4.69) is 26.1 Å². The van der Waals surface area contributed by atoms with Gasteiger partial charge in [0, 0.05) is 35.4 Å². The summed E-state index contributed by atoms with van der Waals surface area (Å²) in [5, 5.41) is 6.92. The van der Waals surface area contributed by atoms with Crippen LogP contribution in [0.25, 0.3) is 0 Å². The average Bonchev–Trinajstić information content (AvgIpc) is 3.01. The fraction of sp³-hybridized carbons (Fsp3) is 0.333. The molecule has 1 unspecified atom stereocenters. The van der Waals surface area contributed by atoms with Crippen molar-refractivity contribution in [3.8, 4) is 0 Å². The predicted octanol–water partition coefficient (Wildman–Crippen LogP) is 3.33. The minimum Gasteiger partial charge on any atom is -0.338 e. The Balaban J connectivity index is 1.82. The van der Waals surface area contributed by atoms with Crippen molar-refractivity contribution in [2.75, 3.05) is 13.1 Å². The molecule has 1 amide bonds. The molecule has 110 valence electrons. The van der Waals surface area contributed by atoms with E-state index in [0.29, 0.717) is 17.6 Å². The molecule has 4 nitrogen and oxygen atoms in total. The minimum absolute atomic E-state index is 0.114. The third-order valence-electron chi connectivity index (χ3n) is 3.85. The van der Waals surface area contributed by atoms with Crippen molar-refractivity contribution in [2.24, 2.45) is 0 Å². The van der Waals surface area contributed by atoms with Gasteiger partial charge in [0.2, 0.25) is 0 Å². The summed E-state index contributed by atoms with van der Waals surface area (Å²) < 4.78 is 14.4. The number of carbonyl (C=O) groups is 1. The van der Waals surface area contributed by atoms with E-state index >= 15 is 0 Å². The Labute approximate surface area is 130 Å². The summed E-state index contributed by atoms with van der Waals surface area (Å²) in [5.74, 6) is -0.516. The lowest BCUT2D eigenvalue weighted by Crippen LogP contribution is -2.39. The zero-order valence-electron chi connectivity index (χ0n) is 11.4. The van der Waals surface area contributed by atoms with Gasteiger partial charge in [-0.25, -0.2) is 4.39 Å². The Morgan fingerprint density at radius 2 is 2.29 bits per heavy atom. The summed E-state index contributed by atoms with van der Waals surface area (Å²) in [4.78, 5) is 14.3. The molecule has 0 aliphatic carbocycles. The van der Waals surface area contributed by atoms with E-state index in [4.69, 9.17) is 0 Å². The number of hydrogen-bond donors (Lipinski definition) is 1. The lowest BCUT2D eigenvalue weighted by atomic mass is 9.94. The van der Waals surface area contributed by atoms with E-state index in [1.54, 1.807) is 23.2 Å². The molecule has 1 atom stereocenters. The van der Waals surface area contributed by atoms with Gasteiger partial charge in [-0.05, 0) is 47.0 Å². The van der Waals surface area contributed by atoms with E-state index in [-0.39, 0.29) is 17.4 Å². The summed E-state index contributed by atoms with van der Waals surface area (Å²) in [6.07, 6.45) is 3.62. The zero-order chi connectivity index (χ0) is 14.8. The van der Waals surface area contributed by atoms with Crippen LogP contribution in [0.4, 0.5) is 4.39 Å². The van der Waals surface area contributed by atoms with E-state index in [1.165, 1.54) is 6.07 Å². The number of rotatable bonds is 2. The molecule has 1 aromatic carbocycles. The molecule has 1 aliphatic heterocycles. The van der Waals surface area contributed by atoms with Crippen LogP contribution in [0.15, 0.2) is 34.9 Å². The Kier molecular flexibility index (Phi) is 4.05. The van der Waals surface area contributed by atoms with Gasteiger partial charge in [-0.15, -0.1) is 0 Å². The number of H-pyrrole nitrogens is 1. The lowest BCUT2D eigenvalue weighted by Gasteiger charge is -2.32. The van der Waals surface area contributed by atoms with Gasteiger partial charge in [0.1, 0.15) is 5.82 Å². The smallest absolute Gasteiger partial charge is 0.258 e. The van der Waals surface area contributed by atoms with Crippen molar-refractivity contribution in [3.63, 3.8) is 0 Å². The maximum absolute atomic E-state index is 13.9. The lowest BCUT2D eigenvalue weighted by molar-refractivity contribution is 0.0700. The second-order valence-corrected chi connectivity index (χ2v) is 6.05. The van der Waals surface area contributed by atoms with Crippen LogP contribution < -0.4 is 0 Å². The maximum Gasteiger partial charge on any atom is 0.258 e. The first-order valence-electron chi connectivity index (χ1n) is 6.89. The van der Waals surface area contributed by atoms with Gasteiger partial charge in [-0.1, -0.05) is 6.07 Å². The number of piperidine rings is 1. The van der Waals surface area contributed by atoms with Crippen LogP contribution in [0.2, 0.25) is 0 Å². The highest BCUT2D eigenvalue weighted by atomic mass is 79.9. The second kappa shape index (κ2) is 5.97. The topological polar surface area (TPSA) is 49.0 Å².